The Morgan fingerprint density at radius 2 is 2.00 bits per heavy atom. The molecular weight excluding hydrogens is 356 g/mol. The molecule has 0 spiro atoms. The van der Waals surface area contributed by atoms with E-state index in [4.69, 9.17) is 16.9 Å². The number of hydrogen-bond acceptors (Lipinski definition) is 7. The lowest BCUT2D eigenvalue weighted by atomic mass is 10.2. The van der Waals surface area contributed by atoms with Gasteiger partial charge < -0.3 is 10.2 Å². The fraction of sp³-hybridized carbons (Fsp3) is 0.353. The van der Waals surface area contributed by atoms with Gasteiger partial charge >= 0.3 is 0 Å². The molecule has 4 rings (SSSR count). The summed E-state index contributed by atoms with van der Waals surface area (Å²) in [5.74, 6) is 0.539. The molecule has 0 atom stereocenters. The third-order valence-electron chi connectivity index (χ3n) is 4.34. The fourth-order valence-corrected chi connectivity index (χ4v) is 4.22. The number of rotatable bonds is 3. The number of fused-ring (bicyclic) bond motifs is 1. The van der Waals surface area contributed by atoms with Crippen LogP contribution in [0.15, 0.2) is 29.2 Å². The molecule has 0 aliphatic carbocycles. The molecule has 0 unspecified atom stereocenters. The number of anilines is 2. The molecule has 2 aliphatic heterocycles. The molecule has 0 amide bonds. The van der Waals surface area contributed by atoms with E-state index in [1.807, 2.05) is 6.07 Å². The van der Waals surface area contributed by atoms with Gasteiger partial charge in [0, 0.05) is 49.4 Å². The molecular formula is C17H17ClN6S. The maximum Gasteiger partial charge on any atom is 0.228 e. The van der Waals surface area contributed by atoms with Gasteiger partial charge in [0.25, 0.3) is 0 Å². The summed E-state index contributed by atoms with van der Waals surface area (Å²) in [6, 6.07) is 10.1. The second kappa shape index (κ2) is 7.08. The van der Waals surface area contributed by atoms with Crippen molar-refractivity contribution in [3.05, 3.63) is 40.7 Å². The minimum atomic E-state index is 0.304. The molecule has 3 heterocycles. The van der Waals surface area contributed by atoms with Gasteiger partial charge in [-0.2, -0.15) is 5.26 Å². The van der Waals surface area contributed by atoms with Crippen LogP contribution >= 0.6 is 23.5 Å². The molecule has 0 bridgehead atoms. The number of nitrogens with zero attached hydrogens (tertiary/aromatic N) is 5. The lowest BCUT2D eigenvalue weighted by Gasteiger charge is -2.33. The molecule has 1 N–H and O–H groups in total. The van der Waals surface area contributed by atoms with Gasteiger partial charge in [0.05, 0.1) is 0 Å². The zero-order valence-corrected chi connectivity index (χ0v) is 15.1. The summed E-state index contributed by atoms with van der Waals surface area (Å²) in [4.78, 5) is 11.9. The second-order valence-corrected chi connectivity index (χ2v) is 7.55. The van der Waals surface area contributed by atoms with Crippen molar-refractivity contribution >= 4 is 35.2 Å². The van der Waals surface area contributed by atoms with Crippen LogP contribution in [0.4, 0.5) is 11.6 Å². The third-order valence-corrected chi connectivity index (χ3v) is 5.62. The molecule has 0 radical (unpaired) electrons. The number of halogens is 1. The van der Waals surface area contributed by atoms with Crippen LogP contribution in [0.1, 0.15) is 11.3 Å². The van der Waals surface area contributed by atoms with E-state index in [0.29, 0.717) is 16.8 Å². The van der Waals surface area contributed by atoms with E-state index in [1.165, 1.54) is 22.2 Å². The number of hydrogen-bond donors (Lipinski definition) is 1. The van der Waals surface area contributed by atoms with E-state index in [9.17, 15) is 0 Å². The normalized spacial score (nSPS) is 17.0. The molecule has 1 saturated heterocycles. The van der Waals surface area contributed by atoms with Crippen molar-refractivity contribution < 1.29 is 0 Å². The van der Waals surface area contributed by atoms with Gasteiger partial charge in [-0.1, -0.05) is 11.6 Å². The Bertz CT molecular complexity index is 828. The van der Waals surface area contributed by atoms with Gasteiger partial charge in [-0.25, -0.2) is 14.3 Å². The van der Waals surface area contributed by atoms with Crippen LogP contribution in [0, 0.1) is 11.3 Å². The van der Waals surface area contributed by atoms with Gasteiger partial charge in [-0.15, -0.1) is 0 Å². The van der Waals surface area contributed by atoms with Crippen molar-refractivity contribution in [1.29, 1.82) is 5.26 Å². The summed E-state index contributed by atoms with van der Waals surface area (Å²) in [5.41, 5.74) is 2.97. The zero-order valence-electron chi connectivity index (χ0n) is 13.6. The number of nitrogens with one attached hydrogen (secondary N) is 1. The highest BCUT2D eigenvalue weighted by Gasteiger charge is 2.21. The maximum atomic E-state index is 9.02. The molecule has 128 valence electrons. The topological polar surface area (TPSA) is 68.1 Å². The molecule has 25 heavy (non-hydrogen) atoms. The lowest BCUT2D eigenvalue weighted by Crippen LogP contribution is -2.44. The first-order chi connectivity index (χ1) is 12.2. The molecule has 0 saturated carbocycles. The summed E-state index contributed by atoms with van der Waals surface area (Å²) >= 11 is 7.78. The molecule has 1 aromatic heterocycles. The molecule has 1 fully saturated rings. The minimum Gasteiger partial charge on any atom is -0.384 e. The van der Waals surface area contributed by atoms with Gasteiger partial charge in [0.2, 0.25) is 5.95 Å². The van der Waals surface area contributed by atoms with Crippen molar-refractivity contribution in [1.82, 2.24) is 14.3 Å². The van der Waals surface area contributed by atoms with Crippen LogP contribution in [0.25, 0.3) is 0 Å². The largest absolute Gasteiger partial charge is 0.384 e. The van der Waals surface area contributed by atoms with Crippen molar-refractivity contribution in [2.45, 2.75) is 11.3 Å². The Hall–Kier alpha value is -2.01. The predicted octanol–water partition coefficient (Wildman–Crippen LogP) is 2.80. The first kappa shape index (κ1) is 16.5. The summed E-state index contributed by atoms with van der Waals surface area (Å²) in [7, 11) is 0. The Morgan fingerprint density at radius 1 is 1.16 bits per heavy atom. The number of aromatic nitrogens is 2. The van der Waals surface area contributed by atoms with Crippen LogP contribution in [0.5, 0.6) is 0 Å². The summed E-state index contributed by atoms with van der Waals surface area (Å²) in [6.07, 6.45) is 1.10. The smallest absolute Gasteiger partial charge is 0.228 e. The van der Waals surface area contributed by atoms with Crippen molar-refractivity contribution in [2.24, 2.45) is 0 Å². The maximum absolute atomic E-state index is 9.02. The van der Waals surface area contributed by atoms with Crippen LogP contribution in [-0.4, -0.2) is 47.0 Å². The fourth-order valence-electron chi connectivity index (χ4n) is 3.07. The Labute approximate surface area is 155 Å². The van der Waals surface area contributed by atoms with Gasteiger partial charge in [0.15, 0.2) is 0 Å². The third kappa shape index (κ3) is 3.66. The van der Waals surface area contributed by atoms with Crippen LogP contribution in [0.2, 0.25) is 5.15 Å². The van der Waals surface area contributed by atoms with Crippen molar-refractivity contribution in [2.75, 3.05) is 42.9 Å². The quantitative estimate of drug-likeness (QED) is 0.656. The second-order valence-electron chi connectivity index (χ2n) is 5.99. The first-order valence-electron chi connectivity index (χ1n) is 8.20. The lowest BCUT2D eigenvalue weighted by molar-refractivity contribution is 0.426. The number of piperazine rings is 1. The van der Waals surface area contributed by atoms with Gasteiger partial charge in [-0.05, 0) is 42.1 Å². The standard InChI is InChI=1S/C17H17ClN6S/c18-16-10-13(11-19)21-17(22-16)23-5-7-24(8-6-23)25-14-1-2-15-12(9-14)3-4-20-15/h1-2,9-10,20H,3-8H2. The molecule has 8 heteroatoms. The SMILES string of the molecule is N#Cc1cc(Cl)nc(N2CCN(Sc3ccc4c(c3)CCN4)CC2)n1. The van der Waals surface area contributed by atoms with E-state index in [2.05, 4.69) is 42.7 Å². The average molecular weight is 373 g/mol. The van der Waals surface area contributed by atoms with Gasteiger partial charge in [0.1, 0.15) is 16.9 Å². The highest BCUT2D eigenvalue weighted by molar-refractivity contribution is 7.97. The predicted molar refractivity (Wildman–Crippen MR) is 100 cm³/mol. The van der Waals surface area contributed by atoms with Crippen LogP contribution < -0.4 is 10.2 Å². The van der Waals surface area contributed by atoms with Crippen LogP contribution in [0.3, 0.4) is 0 Å². The van der Waals surface area contributed by atoms with E-state index in [1.54, 1.807) is 11.9 Å². The Morgan fingerprint density at radius 3 is 2.80 bits per heavy atom. The summed E-state index contributed by atoms with van der Waals surface area (Å²) in [6.45, 7) is 4.46. The monoisotopic (exact) mass is 372 g/mol. The van der Waals surface area contributed by atoms with Crippen molar-refractivity contribution in [3.63, 3.8) is 0 Å². The van der Waals surface area contributed by atoms with Crippen LogP contribution in [-0.2, 0) is 6.42 Å². The summed E-state index contributed by atoms with van der Waals surface area (Å²) < 4.78 is 2.36. The van der Waals surface area contributed by atoms with E-state index >= 15 is 0 Å². The Balaban J connectivity index is 1.38. The van der Waals surface area contributed by atoms with Gasteiger partial charge in [-0.3, -0.25) is 0 Å². The van der Waals surface area contributed by atoms with E-state index in [0.717, 1.165) is 39.1 Å². The molecule has 2 aromatic rings. The average Bonchev–Trinajstić information content (AvgIpc) is 3.09. The first-order valence-corrected chi connectivity index (χ1v) is 9.36. The zero-order chi connectivity index (χ0) is 17.2. The van der Waals surface area contributed by atoms with E-state index in [-0.39, 0.29) is 0 Å². The van der Waals surface area contributed by atoms with Crippen molar-refractivity contribution in [3.8, 4) is 6.07 Å². The molecule has 2 aliphatic rings. The summed E-state index contributed by atoms with van der Waals surface area (Å²) in [5, 5.41) is 12.7. The highest BCUT2D eigenvalue weighted by atomic mass is 35.5. The van der Waals surface area contributed by atoms with E-state index < -0.39 is 0 Å². The number of nitriles is 1. The Kier molecular flexibility index (Phi) is 4.66. The molecule has 1 aromatic carbocycles. The number of benzene rings is 1. The highest BCUT2D eigenvalue weighted by Crippen LogP contribution is 2.30. The minimum absolute atomic E-state index is 0.304. The molecule has 6 nitrogen and oxygen atoms in total.